The van der Waals surface area contributed by atoms with Crippen molar-refractivity contribution >= 4 is 11.8 Å². The summed E-state index contributed by atoms with van der Waals surface area (Å²) in [6.07, 6.45) is 17.8. The second kappa shape index (κ2) is 12.3. The standard InChI is InChI=1S/C20H34O3/c1-2-3-4-5-6-9-12-17-15-16-19(21)18(17)13-10-7-8-11-14-20(22)23/h11,14,17-18H,2-10,12-13,15-16H2,1H3,(H,22,23)/t17-,18+/m0/s1. The largest absolute Gasteiger partial charge is 0.478 e. The van der Waals surface area contributed by atoms with Crippen LogP contribution in [0.1, 0.15) is 90.4 Å². The highest BCUT2D eigenvalue weighted by molar-refractivity contribution is 5.83. The number of ketones is 1. The molecule has 1 aliphatic rings. The van der Waals surface area contributed by atoms with E-state index < -0.39 is 5.97 Å². The minimum atomic E-state index is -0.880. The molecule has 1 fully saturated rings. The maximum atomic E-state index is 12.1. The summed E-state index contributed by atoms with van der Waals surface area (Å²) in [5, 5.41) is 8.53. The van der Waals surface area contributed by atoms with Crippen molar-refractivity contribution in [1.82, 2.24) is 0 Å². The molecule has 0 amide bonds. The van der Waals surface area contributed by atoms with Crippen LogP contribution in [-0.2, 0) is 9.59 Å². The van der Waals surface area contributed by atoms with Gasteiger partial charge in [0.25, 0.3) is 0 Å². The fourth-order valence-corrected chi connectivity index (χ4v) is 3.72. The van der Waals surface area contributed by atoms with Gasteiger partial charge in [-0.25, -0.2) is 4.79 Å². The van der Waals surface area contributed by atoms with Crippen molar-refractivity contribution in [2.45, 2.75) is 90.4 Å². The van der Waals surface area contributed by atoms with Crippen molar-refractivity contribution in [3.63, 3.8) is 0 Å². The first-order valence-corrected chi connectivity index (χ1v) is 9.57. The van der Waals surface area contributed by atoms with Gasteiger partial charge in [0.05, 0.1) is 0 Å². The van der Waals surface area contributed by atoms with Gasteiger partial charge in [0.15, 0.2) is 0 Å². The monoisotopic (exact) mass is 322 g/mol. The fraction of sp³-hybridized carbons (Fsp3) is 0.800. The van der Waals surface area contributed by atoms with Crippen LogP contribution in [0.25, 0.3) is 0 Å². The fourth-order valence-electron chi connectivity index (χ4n) is 3.72. The Bertz CT molecular complexity index is 373. The van der Waals surface area contributed by atoms with Crippen molar-refractivity contribution in [2.75, 3.05) is 0 Å². The van der Waals surface area contributed by atoms with E-state index >= 15 is 0 Å². The van der Waals surface area contributed by atoms with E-state index in [4.69, 9.17) is 5.11 Å². The lowest BCUT2D eigenvalue weighted by Crippen LogP contribution is -2.14. The topological polar surface area (TPSA) is 54.4 Å². The lowest BCUT2D eigenvalue weighted by molar-refractivity contribution is -0.131. The molecule has 132 valence electrons. The smallest absolute Gasteiger partial charge is 0.327 e. The Morgan fingerprint density at radius 3 is 2.52 bits per heavy atom. The molecule has 23 heavy (non-hydrogen) atoms. The third-order valence-corrected chi connectivity index (χ3v) is 5.07. The highest BCUT2D eigenvalue weighted by atomic mass is 16.4. The lowest BCUT2D eigenvalue weighted by Gasteiger charge is -2.18. The number of rotatable bonds is 13. The molecule has 0 heterocycles. The number of unbranched alkanes of at least 4 members (excludes halogenated alkanes) is 7. The second-order valence-corrected chi connectivity index (χ2v) is 6.95. The van der Waals surface area contributed by atoms with Crippen LogP contribution >= 0.6 is 0 Å². The van der Waals surface area contributed by atoms with Gasteiger partial charge in [-0.3, -0.25) is 4.79 Å². The van der Waals surface area contributed by atoms with E-state index in [1.807, 2.05) is 0 Å². The number of Topliss-reactive ketones (excluding diaryl/α,β-unsaturated/α-hetero) is 1. The summed E-state index contributed by atoms with van der Waals surface area (Å²) in [4.78, 5) is 22.5. The average molecular weight is 322 g/mol. The van der Waals surface area contributed by atoms with Crippen molar-refractivity contribution in [1.29, 1.82) is 0 Å². The summed E-state index contributed by atoms with van der Waals surface area (Å²) in [6, 6.07) is 0. The van der Waals surface area contributed by atoms with Gasteiger partial charge in [-0.05, 0) is 38.0 Å². The van der Waals surface area contributed by atoms with Crippen molar-refractivity contribution in [2.24, 2.45) is 11.8 Å². The molecule has 0 aromatic heterocycles. The van der Waals surface area contributed by atoms with E-state index in [-0.39, 0.29) is 5.92 Å². The predicted molar refractivity (Wildman–Crippen MR) is 94.5 cm³/mol. The predicted octanol–water partition coefficient (Wildman–Crippen LogP) is 5.53. The molecular weight excluding hydrogens is 288 g/mol. The minimum absolute atomic E-state index is 0.286. The van der Waals surface area contributed by atoms with Crippen LogP contribution in [0.3, 0.4) is 0 Å². The molecule has 0 aromatic rings. The van der Waals surface area contributed by atoms with Gasteiger partial charge in [-0.2, -0.15) is 0 Å². The Morgan fingerprint density at radius 1 is 1.09 bits per heavy atom. The van der Waals surface area contributed by atoms with E-state index in [0.717, 1.165) is 38.5 Å². The van der Waals surface area contributed by atoms with Crippen LogP contribution in [0, 0.1) is 11.8 Å². The zero-order valence-corrected chi connectivity index (χ0v) is 14.8. The van der Waals surface area contributed by atoms with E-state index in [1.54, 1.807) is 6.08 Å². The molecule has 0 unspecified atom stereocenters. The normalized spacial score (nSPS) is 21.3. The first-order chi connectivity index (χ1) is 11.1. The molecule has 3 nitrogen and oxygen atoms in total. The first kappa shape index (κ1) is 19.9. The number of carboxylic acid groups (broad SMARTS) is 1. The zero-order chi connectivity index (χ0) is 16.9. The highest BCUT2D eigenvalue weighted by Crippen LogP contribution is 2.36. The number of hydrogen-bond acceptors (Lipinski definition) is 2. The van der Waals surface area contributed by atoms with Crippen LogP contribution in [0.15, 0.2) is 12.2 Å². The second-order valence-electron chi connectivity index (χ2n) is 6.95. The van der Waals surface area contributed by atoms with Crippen LogP contribution in [0.2, 0.25) is 0 Å². The maximum Gasteiger partial charge on any atom is 0.327 e. The Hall–Kier alpha value is -1.12. The first-order valence-electron chi connectivity index (χ1n) is 9.57. The van der Waals surface area contributed by atoms with Crippen molar-refractivity contribution < 1.29 is 14.7 Å². The molecule has 0 aromatic carbocycles. The van der Waals surface area contributed by atoms with Gasteiger partial charge < -0.3 is 5.11 Å². The molecule has 0 spiro atoms. The third kappa shape index (κ3) is 8.92. The van der Waals surface area contributed by atoms with Crippen LogP contribution in [-0.4, -0.2) is 16.9 Å². The zero-order valence-electron chi connectivity index (χ0n) is 14.8. The molecule has 0 bridgehead atoms. The molecule has 1 aliphatic carbocycles. The molecule has 3 heteroatoms. The molecule has 0 aliphatic heterocycles. The summed E-state index contributed by atoms with van der Waals surface area (Å²) in [5.41, 5.74) is 0. The minimum Gasteiger partial charge on any atom is -0.478 e. The van der Waals surface area contributed by atoms with Gasteiger partial charge in [0.2, 0.25) is 0 Å². The van der Waals surface area contributed by atoms with Crippen molar-refractivity contribution in [3.05, 3.63) is 12.2 Å². The number of carbonyl (C=O) groups is 2. The maximum absolute atomic E-state index is 12.1. The van der Waals surface area contributed by atoms with E-state index in [9.17, 15) is 9.59 Å². The van der Waals surface area contributed by atoms with Crippen LogP contribution in [0.4, 0.5) is 0 Å². The average Bonchev–Trinajstić information content (AvgIpc) is 2.86. The number of allylic oxidation sites excluding steroid dienone is 1. The SMILES string of the molecule is CCCCCCCC[C@H]1CCC(=O)[C@@H]1CCCCC=CC(=O)O. The molecule has 1 saturated carbocycles. The Morgan fingerprint density at radius 2 is 1.78 bits per heavy atom. The van der Waals surface area contributed by atoms with E-state index in [2.05, 4.69) is 6.92 Å². The van der Waals surface area contributed by atoms with Crippen molar-refractivity contribution in [3.8, 4) is 0 Å². The number of hydrogen-bond donors (Lipinski definition) is 1. The molecule has 2 atom stereocenters. The Labute approximate surface area is 141 Å². The Balaban J connectivity index is 2.15. The van der Waals surface area contributed by atoms with Gasteiger partial charge in [0.1, 0.15) is 5.78 Å². The van der Waals surface area contributed by atoms with Crippen LogP contribution < -0.4 is 0 Å². The van der Waals surface area contributed by atoms with Crippen LogP contribution in [0.5, 0.6) is 0 Å². The molecule has 1 rings (SSSR count). The van der Waals surface area contributed by atoms with Gasteiger partial charge >= 0.3 is 5.97 Å². The lowest BCUT2D eigenvalue weighted by atomic mass is 9.86. The number of carboxylic acids is 1. The molecular formula is C20H34O3. The van der Waals surface area contributed by atoms with Gasteiger partial charge in [-0.1, -0.05) is 57.9 Å². The summed E-state index contributed by atoms with van der Waals surface area (Å²) in [5.74, 6) is 0.495. The van der Waals surface area contributed by atoms with Gasteiger partial charge in [0, 0.05) is 18.4 Å². The Kier molecular flexibility index (Phi) is 10.7. The quantitative estimate of drug-likeness (QED) is 0.358. The molecule has 0 radical (unpaired) electrons. The van der Waals surface area contributed by atoms with E-state index in [1.165, 1.54) is 51.0 Å². The molecule has 0 saturated heterocycles. The van der Waals surface area contributed by atoms with E-state index in [0.29, 0.717) is 11.7 Å². The van der Waals surface area contributed by atoms with Gasteiger partial charge in [-0.15, -0.1) is 0 Å². The summed E-state index contributed by atoms with van der Waals surface area (Å²) in [6.45, 7) is 2.24. The summed E-state index contributed by atoms with van der Waals surface area (Å²) in [7, 11) is 0. The third-order valence-electron chi connectivity index (χ3n) is 5.07. The molecule has 1 N–H and O–H groups in total. The summed E-state index contributed by atoms with van der Waals surface area (Å²) < 4.78 is 0. The summed E-state index contributed by atoms with van der Waals surface area (Å²) >= 11 is 0. The number of carbonyl (C=O) groups excluding carboxylic acids is 1. The highest BCUT2D eigenvalue weighted by Gasteiger charge is 2.33. The number of aliphatic carboxylic acids is 1.